The molecule has 4 rings (SSSR count). The Balaban J connectivity index is 0.00000149. The zero-order valence-corrected chi connectivity index (χ0v) is 24.7. The standard InChI is InChI=1S/C30H52S.C2H6/c1-20(2)9-8-10-22(5)26-13-14-27-25-12-11-23-19-24(31-21(3)4)15-17-29(23,6)28(25)16-18-30(26,27)7;1-2/h11,20-22,24-28H,8-10,12-19H2,1-7H3;1-2H3. The minimum atomic E-state index is 0.527. The van der Waals surface area contributed by atoms with Crippen LogP contribution in [0.3, 0.4) is 0 Å². The molecule has 0 spiro atoms. The monoisotopic (exact) mass is 474 g/mol. The lowest BCUT2D eigenvalue weighted by molar-refractivity contribution is -0.0497. The summed E-state index contributed by atoms with van der Waals surface area (Å²) in [7, 11) is 0. The van der Waals surface area contributed by atoms with Gasteiger partial charge in [-0.3, -0.25) is 0 Å². The molecule has 0 aliphatic heterocycles. The van der Waals surface area contributed by atoms with Gasteiger partial charge in [-0.25, -0.2) is 0 Å². The van der Waals surface area contributed by atoms with Crippen LogP contribution in [0.15, 0.2) is 11.6 Å². The van der Waals surface area contributed by atoms with Crippen molar-refractivity contribution in [3.63, 3.8) is 0 Å². The van der Waals surface area contributed by atoms with Gasteiger partial charge in [-0.1, -0.05) is 93.2 Å². The predicted molar refractivity (Wildman–Crippen MR) is 151 cm³/mol. The SMILES string of the molecule is CC.CC(C)CCCC(C)C1CCC2C3CC=C4CC(SC(C)C)CCC4(C)C3CCC12C. The molecule has 33 heavy (non-hydrogen) atoms. The maximum Gasteiger partial charge on any atom is 0.00873 e. The van der Waals surface area contributed by atoms with E-state index in [1.165, 1.54) is 70.6 Å². The van der Waals surface area contributed by atoms with E-state index in [2.05, 4.69) is 66.3 Å². The molecule has 8 atom stereocenters. The maximum atomic E-state index is 2.78. The molecule has 3 fully saturated rings. The Morgan fingerprint density at radius 1 is 0.909 bits per heavy atom. The first-order valence-corrected chi connectivity index (χ1v) is 15.9. The van der Waals surface area contributed by atoms with Crippen LogP contribution in [0, 0.1) is 46.3 Å². The quantitative estimate of drug-likeness (QED) is 0.330. The van der Waals surface area contributed by atoms with Crippen LogP contribution in [-0.4, -0.2) is 10.5 Å². The topological polar surface area (TPSA) is 0 Å². The van der Waals surface area contributed by atoms with E-state index in [9.17, 15) is 0 Å². The highest BCUT2D eigenvalue weighted by atomic mass is 32.2. The fourth-order valence-corrected chi connectivity index (χ4v) is 10.5. The lowest BCUT2D eigenvalue weighted by atomic mass is 9.47. The zero-order chi connectivity index (χ0) is 24.4. The molecule has 0 amide bonds. The van der Waals surface area contributed by atoms with E-state index in [1.54, 1.807) is 0 Å². The van der Waals surface area contributed by atoms with Gasteiger partial charge >= 0.3 is 0 Å². The Kier molecular flexibility index (Phi) is 9.59. The van der Waals surface area contributed by atoms with Crippen molar-refractivity contribution in [3.8, 4) is 0 Å². The molecular weight excluding hydrogens is 416 g/mol. The number of hydrogen-bond donors (Lipinski definition) is 0. The minimum absolute atomic E-state index is 0.527. The van der Waals surface area contributed by atoms with Gasteiger partial charge in [0.2, 0.25) is 0 Å². The van der Waals surface area contributed by atoms with Crippen LogP contribution in [-0.2, 0) is 0 Å². The normalized spacial score (nSPS) is 40.9. The first kappa shape index (κ1) is 27.7. The van der Waals surface area contributed by atoms with Gasteiger partial charge in [0, 0.05) is 5.25 Å². The molecule has 0 heterocycles. The summed E-state index contributed by atoms with van der Waals surface area (Å²) in [5.74, 6) is 5.75. The Hall–Kier alpha value is 0.0900. The highest BCUT2D eigenvalue weighted by Crippen LogP contribution is 2.67. The Morgan fingerprint density at radius 3 is 2.30 bits per heavy atom. The molecule has 0 aromatic rings. The molecule has 0 radical (unpaired) electrons. The van der Waals surface area contributed by atoms with Gasteiger partial charge in [-0.15, -0.1) is 0 Å². The van der Waals surface area contributed by atoms with E-state index in [0.29, 0.717) is 10.8 Å². The van der Waals surface area contributed by atoms with E-state index < -0.39 is 0 Å². The van der Waals surface area contributed by atoms with Crippen LogP contribution >= 0.6 is 11.8 Å². The third-order valence-electron chi connectivity index (χ3n) is 10.7. The molecule has 0 aromatic carbocycles. The van der Waals surface area contributed by atoms with Gasteiger partial charge in [-0.05, 0) is 103 Å². The summed E-state index contributed by atoms with van der Waals surface area (Å²) >= 11 is 2.24. The van der Waals surface area contributed by atoms with Crippen molar-refractivity contribution in [2.24, 2.45) is 46.3 Å². The lowest BCUT2D eigenvalue weighted by Gasteiger charge is -2.58. The zero-order valence-electron chi connectivity index (χ0n) is 23.9. The maximum absolute atomic E-state index is 2.78. The van der Waals surface area contributed by atoms with Crippen LogP contribution in [0.4, 0.5) is 0 Å². The van der Waals surface area contributed by atoms with Crippen molar-refractivity contribution < 1.29 is 0 Å². The van der Waals surface area contributed by atoms with Crippen molar-refractivity contribution in [2.75, 3.05) is 0 Å². The molecule has 0 N–H and O–H groups in total. The highest BCUT2D eigenvalue weighted by molar-refractivity contribution is 8.00. The van der Waals surface area contributed by atoms with Gasteiger partial charge < -0.3 is 0 Å². The first-order chi connectivity index (χ1) is 15.6. The molecule has 1 heteroatoms. The average Bonchev–Trinajstić information content (AvgIpc) is 3.12. The Labute approximate surface area is 212 Å². The molecule has 0 aromatic heterocycles. The molecule has 0 bridgehead atoms. The number of rotatable bonds is 7. The van der Waals surface area contributed by atoms with E-state index >= 15 is 0 Å². The molecule has 4 aliphatic carbocycles. The summed E-state index contributed by atoms with van der Waals surface area (Å²) in [6.45, 7) is 21.6. The fourth-order valence-electron chi connectivity index (χ4n) is 9.15. The van der Waals surface area contributed by atoms with E-state index in [4.69, 9.17) is 0 Å². The highest BCUT2D eigenvalue weighted by Gasteiger charge is 2.59. The molecule has 4 aliphatic rings. The molecule has 0 saturated heterocycles. The van der Waals surface area contributed by atoms with Gasteiger partial charge in [-0.2, -0.15) is 11.8 Å². The first-order valence-electron chi connectivity index (χ1n) is 15.0. The number of fused-ring (bicyclic) bond motifs is 5. The van der Waals surface area contributed by atoms with Gasteiger partial charge in [0.05, 0.1) is 0 Å². The second-order valence-corrected chi connectivity index (χ2v) is 15.2. The van der Waals surface area contributed by atoms with Gasteiger partial charge in [0.1, 0.15) is 0 Å². The smallest absolute Gasteiger partial charge is 0.00873 e. The minimum Gasteiger partial charge on any atom is -0.155 e. The van der Waals surface area contributed by atoms with Crippen molar-refractivity contribution in [1.82, 2.24) is 0 Å². The summed E-state index contributed by atoms with van der Waals surface area (Å²) < 4.78 is 0. The van der Waals surface area contributed by atoms with Crippen molar-refractivity contribution in [2.45, 2.75) is 143 Å². The summed E-state index contributed by atoms with van der Waals surface area (Å²) in [6, 6.07) is 0. The van der Waals surface area contributed by atoms with Crippen molar-refractivity contribution in [3.05, 3.63) is 11.6 Å². The average molecular weight is 475 g/mol. The van der Waals surface area contributed by atoms with E-state index in [-0.39, 0.29) is 0 Å². The van der Waals surface area contributed by atoms with Crippen LogP contribution in [0.2, 0.25) is 0 Å². The van der Waals surface area contributed by atoms with Crippen molar-refractivity contribution >= 4 is 11.8 Å². The van der Waals surface area contributed by atoms with Gasteiger partial charge in [0.15, 0.2) is 0 Å². The number of allylic oxidation sites excluding steroid dienone is 2. The second kappa shape index (κ2) is 11.4. The Bertz CT molecular complexity index is 647. The lowest BCUT2D eigenvalue weighted by Crippen LogP contribution is -2.50. The van der Waals surface area contributed by atoms with Crippen LogP contribution < -0.4 is 0 Å². The van der Waals surface area contributed by atoms with Crippen LogP contribution in [0.5, 0.6) is 0 Å². The molecular formula is C32H58S. The summed E-state index contributed by atoms with van der Waals surface area (Å²) in [6.07, 6.45) is 18.9. The van der Waals surface area contributed by atoms with E-state index in [0.717, 1.165) is 46.0 Å². The summed E-state index contributed by atoms with van der Waals surface area (Å²) in [5, 5.41) is 1.66. The largest absolute Gasteiger partial charge is 0.155 e. The summed E-state index contributed by atoms with van der Waals surface area (Å²) in [5.41, 5.74) is 3.03. The number of thioether (sulfide) groups is 1. The molecule has 192 valence electrons. The predicted octanol–water partition coefficient (Wildman–Crippen LogP) is 10.6. The van der Waals surface area contributed by atoms with Crippen molar-refractivity contribution in [1.29, 1.82) is 0 Å². The molecule has 3 saturated carbocycles. The second-order valence-electron chi connectivity index (χ2n) is 13.3. The number of hydrogen-bond acceptors (Lipinski definition) is 1. The van der Waals surface area contributed by atoms with Crippen LogP contribution in [0.1, 0.15) is 133 Å². The molecule has 0 nitrogen and oxygen atoms in total. The van der Waals surface area contributed by atoms with E-state index in [1.807, 2.05) is 19.4 Å². The van der Waals surface area contributed by atoms with Crippen LogP contribution in [0.25, 0.3) is 0 Å². The Morgan fingerprint density at radius 2 is 1.64 bits per heavy atom. The molecule has 8 unspecified atom stereocenters. The third-order valence-corrected chi connectivity index (χ3v) is 12.1. The van der Waals surface area contributed by atoms with Gasteiger partial charge in [0.25, 0.3) is 0 Å². The fraction of sp³-hybridized carbons (Fsp3) is 0.938. The third kappa shape index (κ3) is 5.59. The summed E-state index contributed by atoms with van der Waals surface area (Å²) in [4.78, 5) is 0.